The van der Waals surface area contributed by atoms with Gasteiger partial charge in [0, 0.05) is 36.8 Å². The number of carbonyl (C=O) groups excluding carboxylic acids is 4. The van der Waals surface area contributed by atoms with Gasteiger partial charge in [0.15, 0.2) is 17.1 Å². The molecule has 0 spiro atoms. The molecule has 0 bridgehead atoms. The summed E-state index contributed by atoms with van der Waals surface area (Å²) in [6.45, 7) is 0.471. The number of anilines is 1. The van der Waals surface area contributed by atoms with Crippen LogP contribution in [0.15, 0.2) is 28.7 Å². The van der Waals surface area contributed by atoms with Gasteiger partial charge in [-0.3, -0.25) is 19.2 Å². The highest BCUT2D eigenvalue weighted by Crippen LogP contribution is 2.52. The first kappa shape index (κ1) is 27.2. The summed E-state index contributed by atoms with van der Waals surface area (Å²) in [4.78, 5) is 50.6. The SMILES string of the molecule is COCCNCC(=O)Nc1cc(F)c2c(c1O)C(=O)C1=C(O)[C@]3(O)C(=O)C(C(N)=O)=C(O)[C@@H](N)[C@@H]3C[C@@H]1C2. The lowest BCUT2D eigenvalue weighted by Gasteiger charge is -2.47. The number of phenolic OH excluding ortho intramolecular Hbond substituents is 1. The van der Waals surface area contributed by atoms with Crippen LogP contribution in [0.25, 0.3) is 0 Å². The summed E-state index contributed by atoms with van der Waals surface area (Å²) >= 11 is 0. The molecule has 1 aromatic carbocycles. The number of aliphatic hydroxyl groups excluding tert-OH is 2. The quantitative estimate of drug-likeness (QED) is 0.118. The number of aliphatic hydroxyl groups is 3. The molecule has 10 N–H and O–H groups in total. The molecule has 1 aromatic rings. The first-order valence-corrected chi connectivity index (χ1v) is 11.6. The Bertz CT molecular complexity index is 1320. The van der Waals surface area contributed by atoms with Crippen LogP contribution in [0.5, 0.6) is 5.75 Å². The van der Waals surface area contributed by atoms with Crippen molar-refractivity contribution in [3.8, 4) is 5.75 Å². The van der Waals surface area contributed by atoms with Crippen molar-refractivity contribution in [3.63, 3.8) is 0 Å². The maximum Gasteiger partial charge on any atom is 0.255 e. The third kappa shape index (κ3) is 4.01. The highest BCUT2D eigenvalue weighted by molar-refractivity contribution is 6.25. The van der Waals surface area contributed by atoms with E-state index in [9.17, 15) is 39.6 Å². The highest BCUT2D eigenvalue weighted by Gasteiger charge is 2.62. The fraction of sp³-hybridized carbons (Fsp3) is 0.417. The summed E-state index contributed by atoms with van der Waals surface area (Å²) in [5.41, 5.74) is 5.61. The molecule has 0 fully saturated rings. The van der Waals surface area contributed by atoms with Crippen LogP contribution in [0.1, 0.15) is 22.3 Å². The number of fused-ring (bicyclic) bond motifs is 3. The number of benzene rings is 1. The van der Waals surface area contributed by atoms with Crippen molar-refractivity contribution in [2.45, 2.75) is 24.5 Å². The molecule has 204 valence electrons. The zero-order valence-corrected chi connectivity index (χ0v) is 20.2. The minimum atomic E-state index is -2.87. The normalized spacial score (nSPS) is 26.6. The maximum atomic E-state index is 15.1. The number of ketones is 2. The number of nitrogens with two attached hydrogens (primary N) is 2. The standard InChI is InChI=1S/C24H27FN4O9/c1-38-3-2-28-7-13(30)29-12-6-11(25)9-4-8-5-10-17(26)20(33)16(23(27)36)22(35)24(10,37)21(34)14(8)19(32)15(9)18(12)31/h6,8,10,17,28,31,33-34,37H,2-5,7,26H2,1H3,(H2,27,36)(H,29,30)/t8-,10-,17-,24-/m0/s1. The lowest BCUT2D eigenvalue weighted by molar-refractivity contribution is -0.145. The van der Waals surface area contributed by atoms with E-state index in [1.807, 2.05) is 0 Å². The minimum absolute atomic E-state index is 0.205. The Labute approximate surface area is 214 Å². The number of ether oxygens (including phenoxy) is 1. The number of nitrogens with one attached hydrogen (secondary N) is 2. The van der Waals surface area contributed by atoms with Crippen molar-refractivity contribution >= 4 is 29.1 Å². The lowest BCUT2D eigenvalue weighted by Crippen LogP contribution is -2.63. The van der Waals surface area contributed by atoms with E-state index in [-0.39, 0.29) is 24.9 Å². The number of methoxy groups -OCH3 is 1. The van der Waals surface area contributed by atoms with Crippen LogP contribution in [0.3, 0.4) is 0 Å². The largest absolute Gasteiger partial charge is 0.510 e. The molecule has 3 aliphatic carbocycles. The average molecular weight is 534 g/mol. The smallest absolute Gasteiger partial charge is 0.255 e. The van der Waals surface area contributed by atoms with Crippen LogP contribution in [0.4, 0.5) is 10.1 Å². The second kappa shape index (κ2) is 9.79. The third-order valence-corrected chi connectivity index (χ3v) is 7.24. The van der Waals surface area contributed by atoms with Gasteiger partial charge in [0.05, 0.1) is 30.4 Å². The first-order valence-electron chi connectivity index (χ1n) is 11.6. The maximum absolute atomic E-state index is 15.1. The summed E-state index contributed by atoms with van der Waals surface area (Å²) in [6.07, 6.45) is -0.497. The van der Waals surface area contributed by atoms with Gasteiger partial charge in [-0.1, -0.05) is 0 Å². The number of carbonyl (C=O) groups is 4. The Morgan fingerprint density at radius 1 is 1.26 bits per heavy atom. The van der Waals surface area contributed by atoms with Crippen molar-refractivity contribution in [3.05, 3.63) is 45.7 Å². The van der Waals surface area contributed by atoms with Gasteiger partial charge in [-0.2, -0.15) is 0 Å². The zero-order valence-electron chi connectivity index (χ0n) is 20.2. The molecule has 13 nitrogen and oxygen atoms in total. The molecule has 0 saturated heterocycles. The van der Waals surface area contributed by atoms with E-state index in [0.29, 0.717) is 13.2 Å². The molecule has 2 amide bonds. The van der Waals surface area contributed by atoms with Crippen molar-refractivity contribution in [1.82, 2.24) is 5.32 Å². The molecule has 0 radical (unpaired) electrons. The fourth-order valence-corrected chi connectivity index (χ4v) is 5.40. The van der Waals surface area contributed by atoms with Crippen molar-refractivity contribution in [2.24, 2.45) is 23.3 Å². The number of rotatable bonds is 7. The van der Waals surface area contributed by atoms with E-state index in [4.69, 9.17) is 16.2 Å². The molecule has 0 aliphatic heterocycles. The molecule has 0 saturated carbocycles. The molecule has 3 aliphatic rings. The van der Waals surface area contributed by atoms with Gasteiger partial charge in [0.25, 0.3) is 5.91 Å². The van der Waals surface area contributed by atoms with Crippen LogP contribution < -0.4 is 22.1 Å². The van der Waals surface area contributed by atoms with Crippen LogP contribution in [0, 0.1) is 17.7 Å². The first-order chi connectivity index (χ1) is 17.9. The van der Waals surface area contributed by atoms with Gasteiger partial charge in [0.2, 0.25) is 11.7 Å². The summed E-state index contributed by atoms with van der Waals surface area (Å²) in [6, 6.07) is -0.653. The number of hydrogen-bond acceptors (Lipinski definition) is 11. The molecular weight excluding hydrogens is 507 g/mol. The monoisotopic (exact) mass is 534 g/mol. The van der Waals surface area contributed by atoms with Gasteiger partial charge < -0.3 is 47.3 Å². The highest BCUT2D eigenvalue weighted by atomic mass is 19.1. The Morgan fingerprint density at radius 3 is 2.58 bits per heavy atom. The van der Waals surface area contributed by atoms with Gasteiger partial charge in [-0.25, -0.2) is 4.39 Å². The molecule has 4 rings (SSSR count). The number of hydrogen-bond donors (Lipinski definition) is 8. The number of phenols is 1. The van der Waals surface area contributed by atoms with E-state index < -0.39 is 92.3 Å². The number of aromatic hydroxyl groups is 1. The molecule has 0 aromatic heterocycles. The summed E-state index contributed by atoms with van der Waals surface area (Å²) in [5.74, 6) is -10.6. The minimum Gasteiger partial charge on any atom is -0.510 e. The average Bonchev–Trinajstić information content (AvgIpc) is 2.85. The van der Waals surface area contributed by atoms with Gasteiger partial charge in [-0.05, 0) is 18.8 Å². The molecule has 0 heterocycles. The van der Waals surface area contributed by atoms with Crippen molar-refractivity contribution in [2.75, 3.05) is 32.1 Å². The molecule has 0 unspecified atom stereocenters. The van der Waals surface area contributed by atoms with Crippen LogP contribution in [-0.2, 0) is 25.5 Å². The predicted molar refractivity (Wildman–Crippen MR) is 128 cm³/mol. The number of halogens is 1. The third-order valence-electron chi connectivity index (χ3n) is 7.24. The summed E-state index contributed by atoms with van der Waals surface area (Å²) < 4.78 is 20.0. The number of Topliss-reactive ketones (excluding diaryl/α,β-unsaturated/α-hetero) is 2. The lowest BCUT2D eigenvalue weighted by atomic mass is 9.59. The van der Waals surface area contributed by atoms with Gasteiger partial charge in [0.1, 0.15) is 22.9 Å². The fourth-order valence-electron chi connectivity index (χ4n) is 5.40. The van der Waals surface area contributed by atoms with E-state index in [2.05, 4.69) is 10.6 Å². The Morgan fingerprint density at radius 2 is 1.95 bits per heavy atom. The van der Waals surface area contributed by atoms with Crippen molar-refractivity contribution < 1.29 is 48.7 Å². The van der Waals surface area contributed by atoms with Gasteiger partial charge in [-0.15, -0.1) is 0 Å². The second-order valence-electron chi connectivity index (χ2n) is 9.41. The predicted octanol–water partition coefficient (Wildman–Crippen LogP) is -1.17. The van der Waals surface area contributed by atoms with Crippen LogP contribution >= 0.6 is 0 Å². The van der Waals surface area contributed by atoms with Gasteiger partial charge >= 0.3 is 0 Å². The zero-order chi connectivity index (χ0) is 28.1. The summed E-state index contributed by atoms with van der Waals surface area (Å²) in [5, 5.41) is 48.5. The Kier molecular flexibility index (Phi) is 7.01. The van der Waals surface area contributed by atoms with Crippen molar-refractivity contribution in [1.29, 1.82) is 0 Å². The Hall–Kier alpha value is -3.85. The Balaban J connectivity index is 1.75. The summed E-state index contributed by atoms with van der Waals surface area (Å²) in [7, 11) is 1.48. The van der Waals surface area contributed by atoms with E-state index >= 15 is 4.39 Å². The second-order valence-corrected chi connectivity index (χ2v) is 9.41. The molecule has 4 atom stereocenters. The number of allylic oxidation sites excluding steroid dienone is 1. The molecular formula is C24H27FN4O9. The topological polar surface area (TPSA) is 235 Å². The van der Waals surface area contributed by atoms with Crippen LogP contribution in [-0.4, -0.2) is 82.3 Å². The number of amides is 2. The van der Waals surface area contributed by atoms with Crippen LogP contribution in [0.2, 0.25) is 0 Å². The number of primary amides is 1. The van der Waals surface area contributed by atoms with E-state index in [0.717, 1.165) is 6.07 Å². The van der Waals surface area contributed by atoms with E-state index in [1.165, 1.54) is 7.11 Å². The molecule has 14 heteroatoms. The van der Waals surface area contributed by atoms with E-state index in [1.54, 1.807) is 0 Å². The molecule has 38 heavy (non-hydrogen) atoms.